The molecule has 17 heavy (non-hydrogen) atoms. The number of hydrogen-bond acceptors (Lipinski definition) is 2. The molecule has 0 aromatic heterocycles. The highest BCUT2D eigenvalue weighted by atomic mass is 19.2. The summed E-state index contributed by atoms with van der Waals surface area (Å²) < 4.78 is 32.0. The molecule has 1 fully saturated rings. The van der Waals surface area contributed by atoms with E-state index in [1.165, 1.54) is 13.2 Å². The number of ether oxygens (including phenoxy) is 1. The maximum Gasteiger partial charge on any atom is 0.200 e. The van der Waals surface area contributed by atoms with E-state index in [2.05, 4.69) is 5.32 Å². The predicted octanol–water partition coefficient (Wildman–Crippen LogP) is 2.52. The second kappa shape index (κ2) is 5.45. The van der Waals surface area contributed by atoms with Gasteiger partial charge in [0.1, 0.15) is 0 Å². The van der Waals surface area contributed by atoms with Crippen LogP contribution in [-0.2, 0) is 6.42 Å². The fourth-order valence-corrected chi connectivity index (χ4v) is 2.30. The molecule has 0 saturated carbocycles. The normalized spacial score (nSPS) is 20.3. The van der Waals surface area contributed by atoms with Gasteiger partial charge in [0.25, 0.3) is 0 Å². The Morgan fingerprint density at radius 3 is 2.82 bits per heavy atom. The van der Waals surface area contributed by atoms with E-state index in [0.717, 1.165) is 25.9 Å². The standard InChI is InChI=1S/C13H17F2NO/c1-17-11-5-4-10(12(14)13(11)15)7-9-3-2-6-16-8-9/h4-5,9,16H,2-3,6-8H2,1H3. The van der Waals surface area contributed by atoms with Crippen molar-refractivity contribution < 1.29 is 13.5 Å². The van der Waals surface area contributed by atoms with Crippen molar-refractivity contribution in [1.29, 1.82) is 0 Å². The number of halogens is 2. The third kappa shape index (κ3) is 2.75. The Kier molecular flexibility index (Phi) is 3.94. The van der Waals surface area contributed by atoms with Crippen LogP contribution in [0.4, 0.5) is 8.78 Å². The molecule has 0 bridgehead atoms. The zero-order chi connectivity index (χ0) is 12.3. The van der Waals surface area contributed by atoms with Crippen LogP contribution in [0, 0.1) is 17.6 Å². The molecule has 0 amide bonds. The van der Waals surface area contributed by atoms with Crippen LogP contribution < -0.4 is 10.1 Å². The van der Waals surface area contributed by atoms with E-state index in [4.69, 9.17) is 4.74 Å². The van der Waals surface area contributed by atoms with Crippen molar-refractivity contribution in [3.8, 4) is 5.75 Å². The summed E-state index contributed by atoms with van der Waals surface area (Å²) in [5, 5.41) is 3.27. The van der Waals surface area contributed by atoms with Gasteiger partial charge in [-0.2, -0.15) is 4.39 Å². The van der Waals surface area contributed by atoms with Crippen molar-refractivity contribution in [3.63, 3.8) is 0 Å². The van der Waals surface area contributed by atoms with Gasteiger partial charge in [0.05, 0.1) is 7.11 Å². The lowest BCUT2D eigenvalue weighted by Crippen LogP contribution is -2.31. The first-order valence-corrected chi connectivity index (χ1v) is 5.94. The van der Waals surface area contributed by atoms with Crippen molar-refractivity contribution in [2.24, 2.45) is 5.92 Å². The molecule has 1 unspecified atom stereocenters. The molecule has 1 aliphatic rings. The fourth-order valence-electron chi connectivity index (χ4n) is 2.30. The number of hydrogen-bond donors (Lipinski definition) is 1. The average molecular weight is 241 g/mol. The van der Waals surface area contributed by atoms with E-state index < -0.39 is 11.6 Å². The molecule has 1 atom stereocenters. The Balaban J connectivity index is 2.12. The maximum absolute atomic E-state index is 13.7. The lowest BCUT2D eigenvalue weighted by Gasteiger charge is -2.23. The molecule has 2 nitrogen and oxygen atoms in total. The molecule has 4 heteroatoms. The summed E-state index contributed by atoms with van der Waals surface area (Å²) in [6.07, 6.45) is 2.75. The molecule has 1 N–H and O–H groups in total. The van der Waals surface area contributed by atoms with Gasteiger partial charge in [-0.1, -0.05) is 6.07 Å². The van der Waals surface area contributed by atoms with Gasteiger partial charge in [0.15, 0.2) is 11.6 Å². The van der Waals surface area contributed by atoms with Crippen LogP contribution in [0.25, 0.3) is 0 Å². The molecule has 1 aromatic carbocycles. The molecule has 1 aliphatic heterocycles. The largest absolute Gasteiger partial charge is 0.494 e. The van der Waals surface area contributed by atoms with Gasteiger partial charge >= 0.3 is 0 Å². The van der Waals surface area contributed by atoms with Crippen molar-refractivity contribution in [1.82, 2.24) is 5.32 Å². The van der Waals surface area contributed by atoms with Crippen LogP contribution in [0.3, 0.4) is 0 Å². The van der Waals surface area contributed by atoms with Gasteiger partial charge in [-0.25, -0.2) is 4.39 Å². The summed E-state index contributed by atoms with van der Waals surface area (Å²) in [6.45, 7) is 1.91. The summed E-state index contributed by atoms with van der Waals surface area (Å²) in [6, 6.07) is 3.11. The Bertz CT molecular complexity index is 389. The predicted molar refractivity (Wildman–Crippen MR) is 62.2 cm³/mol. The quantitative estimate of drug-likeness (QED) is 0.878. The Morgan fingerprint density at radius 2 is 2.18 bits per heavy atom. The van der Waals surface area contributed by atoms with Gasteiger partial charge in [-0.05, 0) is 49.9 Å². The molecular weight excluding hydrogens is 224 g/mol. The monoisotopic (exact) mass is 241 g/mol. The average Bonchev–Trinajstić information content (AvgIpc) is 2.37. The molecule has 1 heterocycles. The van der Waals surface area contributed by atoms with E-state index in [-0.39, 0.29) is 5.75 Å². The summed E-state index contributed by atoms with van der Waals surface area (Å²) >= 11 is 0. The number of benzene rings is 1. The van der Waals surface area contributed by atoms with Crippen molar-refractivity contribution in [2.45, 2.75) is 19.3 Å². The summed E-state index contributed by atoms with van der Waals surface area (Å²) in [5.74, 6) is -1.29. The van der Waals surface area contributed by atoms with Crippen molar-refractivity contribution in [2.75, 3.05) is 20.2 Å². The van der Waals surface area contributed by atoms with E-state index in [0.29, 0.717) is 17.9 Å². The zero-order valence-electron chi connectivity index (χ0n) is 9.93. The number of methoxy groups -OCH3 is 1. The van der Waals surface area contributed by atoms with Gasteiger partial charge in [0.2, 0.25) is 5.82 Å². The molecule has 1 saturated heterocycles. The van der Waals surface area contributed by atoms with Crippen LogP contribution in [0.1, 0.15) is 18.4 Å². The van der Waals surface area contributed by atoms with E-state index >= 15 is 0 Å². The third-order valence-electron chi connectivity index (χ3n) is 3.25. The Hall–Kier alpha value is -1.16. The topological polar surface area (TPSA) is 21.3 Å². The molecule has 94 valence electrons. The molecule has 1 aromatic rings. The highest BCUT2D eigenvalue weighted by Gasteiger charge is 2.19. The van der Waals surface area contributed by atoms with Gasteiger partial charge in [0, 0.05) is 0 Å². The van der Waals surface area contributed by atoms with Crippen LogP contribution in [0.5, 0.6) is 5.75 Å². The first-order chi connectivity index (χ1) is 8.22. The van der Waals surface area contributed by atoms with E-state index in [1.807, 2.05) is 0 Å². The number of rotatable bonds is 3. The highest BCUT2D eigenvalue weighted by Crippen LogP contribution is 2.25. The smallest absolute Gasteiger partial charge is 0.200 e. The number of nitrogens with one attached hydrogen (secondary N) is 1. The van der Waals surface area contributed by atoms with Gasteiger partial charge < -0.3 is 10.1 Å². The second-order valence-corrected chi connectivity index (χ2v) is 4.47. The maximum atomic E-state index is 13.7. The summed E-state index contributed by atoms with van der Waals surface area (Å²) in [4.78, 5) is 0. The SMILES string of the molecule is COc1ccc(CC2CCCNC2)c(F)c1F. The first-order valence-electron chi connectivity index (χ1n) is 5.94. The molecule has 0 aliphatic carbocycles. The lowest BCUT2D eigenvalue weighted by atomic mass is 9.92. The van der Waals surface area contributed by atoms with Crippen molar-refractivity contribution >= 4 is 0 Å². The van der Waals surface area contributed by atoms with Crippen LogP contribution in [0.15, 0.2) is 12.1 Å². The van der Waals surface area contributed by atoms with Crippen molar-refractivity contribution in [3.05, 3.63) is 29.3 Å². The van der Waals surface area contributed by atoms with Crippen LogP contribution in [0.2, 0.25) is 0 Å². The van der Waals surface area contributed by atoms with Crippen LogP contribution in [-0.4, -0.2) is 20.2 Å². The Morgan fingerprint density at radius 1 is 1.35 bits per heavy atom. The van der Waals surface area contributed by atoms with E-state index in [9.17, 15) is 8.78 Å². The first kappa shape index (κ1) is 12.3. The van der Waals surface area contributed by atoms with Gasteiger partial charge in [-0.15, -0.1) is 0 Å². The number of piperidine rings is 1. The van der Waals surface area contributed by atoms with Gasteiger partial charge in [-0.3, -0.25) is 0 Å². The fraction of sp³-hybridized carbons (Fsp3) is 0.538. The minimum absolute atomic E-state index is 0.0342. The second-order valence-electron chi connectivity index (χ2n) is 4.47. The minimum Gasteiger partial charge on any atom is -0.494 e. The zero-order valence-corrected chi connectivity index (χ0v) is 9.93. The minimum atomic E-state index is -0.881. The summed E-state index contributed by atoms with van der Waals surface area (Å²) in [5.41, 5.74) is 0.442. The van der Waals surface area contributed by atoms with E-state index in [1.54, 1.807) is 6.07 Å². The Labute approximate surface area is 100.0 Å². The molecule has 2 rings (SSSR count). The molecule has 0 spiro atoms. The molecule has 0 radical (unpaired) electrons. The summed E-state index contributed by atoms with van der Waals surface area (Å²) in [7, 11) is 1.34. The molecular formula is C13H17F2NO. The highest BCUT2D eigenvalue weighted by molar-refractivity contribution is 5.31. The van der Waals surface area contributed by atoms with Crippen LogP contribution >= 0.6 is 0 Å². The lowest BCUT2D eigenvalue weighted by molar-refractivity contribution is 0.356. The third-order valence-corrected chi connectivity index (χ3v) is 3.25.